The highest BCUT2D eigenvalue weighted by molar-refractivity contribution is 5.43. The second kappa shape index (κ2) is 3.00. The number of hydrogen-bond donors (Lipinski definition) is 2. The molecule has 0 atom stereocenters. The van der Waals surface area contributed by atoms with E-state index in [9.17, 15) is 14.6 Å². The summed E-state index contributed by atoms with van der Waals surface area (Å²) in [6.45, 7) is 4.53. The molecule has 72 valence electrons. The summed E-state index contributed by atoms with van der Waals surface area (Å²) in [6.07, 6.45) is 0. The van der Waals surface area contributed by atoms with Crippen LogP contribution in [0.2, 0.25) is 0 Å². The predicted octanol–water partition coefficient (Wildman–Crippen LogP) is 2.07. The summed E-state index contributed by atoms with van der Waals surface area (Å²) in [6, 6.07) is 2.71. The van der Waals surface area contributed by atoms with Crippen LogP contribution in [0.1, 0.15) is 25.0 Å². The van der Waals surface area contributed by atoms with Crippen LogP contribution in [0.25, 0.3) is 0 Å². The van der Waals surface area contributed by atoms with Crippen LogP contribution in [0.4, 0.5) is 4.39 Å². The van der Waals surface area contributed by atoms with E-state index < -0.39 is 11.4 Å². The molecule has 0 aliphatic heterocycles. The molecule has 0 bridgehead atoms. The van der Waals surface area contributed by atoms with Crippen LogP contribution < -0.4 is 0 Å². The molecular weight excluding hydrogens is 171 g/mol. The van der Waals surface area contributed by atoms with Gasteiger partial charge in [0.2, 0.25) is 0 Å². The Morgan fingerprint density at radius 3 is 2.23 bits per heavy atom. The second-order valence-corrected chi connectivity index (χ2v) is 3.65. The molecule has 2 nitrogen and oxygen atoms in total. The molecule has 13 heavy (non-hydrogen) atoms. The van der Waals surface area contributed by atoms with Gasteiger partial charge >= 0.3 is 0 Å². The average Bonchev–Trinajstić information content (AvgIpc) is 1.95. The number of aryl methyl sites for hydroxylation is 1. The zero-order valence-corrected chi connectivity index (χ0v) is 7.93. The van der Waals surface area contributed by atoms with Crippen molar-refractivity contribution in [2.24, 2.45) is 0 Å². The van der Waals surface area contributed by atoms with Crippen molar-refractivity contribution in [2.75, 3.05) is 0 Å². The summed E-state index contributed by atoms with van der Waals surface area (Å²) in [5, 5.41) is 19.1. The number of aromatic hydroxyl groups is 1. The Morgan fingerprint density at radius 1 is 1.31 bits per heavy atom. The van der Waals surface area contributed by atoms with E-state index in [4.69, 9.17) is 0 Å². The zero-order valence-electron chi connectivity index (χ0n) is 7.93. The van der Waals surface area contributed by atoms with Crippen LogP contribution in [0, 0.1) is 12.7 Å². The molecule has 0 saturated heterocycles. The Balaban J connectivity index is 3.43. The van der Waals surface area contributed by atoms with E-state index in [2.05, 4.69) is 0 Å². The first-order chi connectivity index (χ1) is 5.84. The van der Waals surface area contributed by atoms with Crippen molar-refractivity contribution in [2.45, 2.75) is 26.4 Å². The van der Waals surface area contributed by atoms with Gasteiger partial charge in [0.25, 0.3) is 0 Å². The van der Waals surface area contributed by atoms with Crippen molar-refractivity contribution < 1.29 is 14.6 Å². The lowest BCUT2D eigenvalue weighted by atomic mass is 9.95. The van der Waals surface area contributed by atoms with Crippen LogP contribution in [0.3, 0.4) is 0 Å². The smallest absolute Gasteiger partial charge is 0.133 e. The summed E-state index contributed by atoms with van der Waals surface area (Å²) >= 11 is 0. The average molecular weight is 184 g/mol. The van der Waals surface area contributed by atoms with Crippen LogP contribution in [0.15, 0.2) is 12.1 Å². The van der Waals surface area contributed by atoms with Crippen molar-refractivity contribution in [1.82, 2.24) is 0 Å². The molecular formula is C10H13FO2. The molecule has 0 amide bonds. The number of aliphatic hydroxyl groups is 1. The Hall–Kier alpha value is -1.09. The van der Waals surface area contributed by atoms with Gasteiger partial charge in [-0.2, -0.15) is 0 Å². The van der Waals surface area contributed by atoms with Gasteiger partial charge in [0.1, 0.15) is 11.6 Å². The minimum Gasteiger partial charge on any atom is -0.507 e. The lowest BCUT2D eigenvalue weighted by Gasteiger charge is -2.20. The lowest BCUT2D eigenvalue weighted by Crippen LogP contribution is -2.18. The normalized spacial score (nSPS) is 11.8. The molecule has 3 heteroatoms. The highest BCUT2D eigenvalue weighted by Gasteiger charge is 2.25. The third kappa shape index (κ3) is 1.80. The molecule has 0 radical (unpaired) electrons. The van der Waals surface area contributed by atoms with Crippen LogP contribution in [-0.2, 0) is 5.60 Å². The Morgan fingerprint density at radius 2 is 1.85 bits per heavy atom. The molecule has 0 aromatic heterocycles. The van der Waals surface area contributed by atoms with E-state index in [1.165, 1.54) is 26.0 Å². The molecule has 0 unspecified atom stereocenters. The monoisotopic (exact) mass is 184 g/mol. The molecule has 0 fully saturated rings. The van der Waals surface area contributed by atoms with Gasteiger partial charge in [-0.05, 0) is 32.4 Å². The topological polar surface area (TPSA) is 40.5 Å². The minimum absolute atomic E-state index is 0.0486. The maximum absolute atomic E-state index is 13.2. The van der Waals surface area contributed by atoms with E-state index >= 15 is 0 Å². The first-order valence-corrected chi connectivity index (χ1v) is 4.05. The molecule has 2 N–H and O–H groups in total. The second-order valence-electron chi connectivity index (χ2n) is 3.65. The van der Waals surface area contributed by atoms with Gasteiger partial charge in [0.15, 0.2) is 0 Å². The number of hydrogen-bond acceptors (Lipinski definition) is 2. The fourth-order valence-corrected chi connectivity index (χ4v) is 1.25. The van der Waals surface area contributed by atoms with Crippen molar-refractivity contribution in [3.63, 3.8) is 0 Å². The SMILES string of the molecule is Cc1ccc(F)c(C(C)(C)O)c1O. The van der Waals surface area contributed by atoms with Gasteiger partial charge in [-0.25, -0.2) is 4.39 Å². The van der Waals surface area contributed by atoms with Crippen LogP contribution >= 0.6 is 0 Å². The Bertz CT molecular complexity index is 326. The number of halogens is 1. The van der Waals surface area contributed by atoms with E-state index in [-0.39, 0.29) is 11.3 Å². The molecule has 1 aromatic carbocycles. The van der Waals surface area contributed by atoms with Crippen LogP contribution in [-0.4, -0.2) is 10.2 Å². The molecule has 0 spiro atoms. The third-order valence-corrected chi connectivity index (χ3v) is 1.94. The molecule has 0 aliphatic rings. The number of phenolic OH excluding ortho intramolecular Hbond substituents is 1. The van der Waals surface area contributed by atoms with Crippen molar-refractivity contribution >= 4 is 0 Å². The highest BCUT2D eigenvalue weighted by atomic mass is 19.1. The Labute approximate surface area is 76.6 Å². The maximum Gasteiger partial charge on any atom is 0.133 e. The molecule has 0 saturated carbocycles. The van der Waals surface area contributed by atoms with Gasteiger partial charge in [-0.3, -0.25) is 0 Å². The van der Waals surface area contributed by atoms with Gasteiger partial charge in [-0.15, -0.1) is 0 Å². The Kier molecular flexibility index (Phi) is 2.30. The van der Waals surface area contributed by atoms with Gasteiger partial charge in [0.05, 0.1) is 11.2 Å². The summed E-state index contributed by atoms with van der Waals surface area (Å²) in [4.78, 5) is 0. The van der Waals surface area contributed by atoms with E-state index in [1.54, 1.807) is 6.92 Å². The third-order valence-electron chi connectivity index (χ3n) is 1.94. The molecule has 1 rings (SSSR count). The van der Waals surface area contributed by atoms with Crippen molar-refractivity contribution in [3.05, 3.63) is 29.1 Å². The fraction of sp³-hybridized carbons (Fsp3) is 0.400. The predicted molar refractivity (Wildman–Crippen MR) is 48.0 cm³/mol. The molecule has 0 aliphatic carbocycles. The first kappa shape index (κ1) is 9.99. The number of rotatable bonds is 1. The van der Waals surface area contributed by atoms with Gasteiger partial charge in [0, 0.05) is 0 Å². The zero-order chi connectivity index (χ0) is 10.2. The fourth-order valence-electron chi connectivity index (χ4n) is 1.25. The lowest BCUT2D eigenvalue weighted by molar-refractivity contribution is 0.0715. The van der Waals surface area contributed by atoms with Crippen LogP contribution in [0.5, 0.6) is 5.75 Å². The largest absolute Gasteiger partial charge is 0.507 e. The van der Waals surface area contributed by atoms with E-state index in [0.29, 0.717) is 5.56 Å². The minimum atomic E-state index is -1.36. The summed E-state index contributed by atoms with van der Waals surface area (Å²) in [7, 11) is 0. The summed E-state index contributed by atoms with van der Waals surface area (Å²) < 4.78 is 13.2. The van der Waals surface area contributed by atoms with Crippen molar-refractivity contribution in [3.8, 4) is 5.75 Å². The number of phenols is 1. The standard InChI is InChI=1S/C10H13FO2/c1-6-4-5-7(11)8(9(6)12)10(2,3)13/h4-5,12-13H,1-3H3. The van der Waals surface area contributed by atoms with E-state index in [1.807, 2.05) is 0 Å². The van der Waals surface area contributed by atoms with Crippen molar-refractivity contribution in [1.29, 1.82) is 0 Å². The van der Waals surface area contributed by atoms with Gasteiger partial charge in [-0.1, -0.05) is 6.07 Å². The highest BCUT2D eigenvalue weighted by Crippen LogP contribution is 2.33. The van der Waals surface area contributed by atoms with Gasteiger partial charge < -0.3 is 10.2 Å². The first-order valence-electron chi connectivity index (χ1n) is 4.05. The quantitative estimate of drug-likeness (QED) is 0.701. The van der Waals surface area contributed by atoms with E-state index in [0.717, 1.165) is 0 Å². The molecule has 0 heterocycles. The summed E-state index contributed by atoms with van der Waals surface area (Å²) in [5.74, 6) is -0.761. The maximum atomic E-state index is 13.2. The molecule has 1 aromatic rings. The number of benzene rings is 1. The summed E-state index contributed by atoms with van der Waals surface area (Å²) in [5.41, 5.74) is -0.855.